The predicted molar refractivity (Wildman–Crippen MR) is 65.4 cm³/mol. The van der Waals surface area contributed by atoms with Crippen molar-refractivity contribution in [1.82, 2.24) is 9.97 Å². The molecule has 1 aromatic rings. The lowest BCUT2D eigenvalue weighted by Crippen LogP contribution is -2.36. The van der Waals surface area contributed by atoms with Gasteiger partial charge in [-0.3, -0.25) is 0 Å². The summed E-state index contributed by atoms with van der Waals surface area (Å²) in [6.07, 6.45) is 5.79. The Morgan fingerprint density at radius 2 is 2.47 bits per heavy atom. The van der Waals surface area contributed by atoms with Crippen LogP contribution in [0.25, 0.3) is 0 Å². The van der Waals surface area contributed by atoms with Crippen LogP contribution < -0.4 is 4.90 Å². The van der Waals surface area contributed by atoms with Crippen LogP contribution in [0, 0.1) is 5.92 Å². The van der Waals surface area contributed by atoms with E-state index in [1.54, 1.807) is 12.5 Å². The lowest BCUT2D eigenvalue weighted by molar-refractivity contribution is 0.448. The Balaban J connectivity index is 2.13. The molecule has 0 aliphatic carbocycles. The first-order chi connectivity index (χ1) is 7.31. The Morgan fingerprint density at radius 3 is 3.20 bits per heavy atom. The molecule has 5 heteroatoms. The molecule has 1 saturated heterocycles. The van der Waals surface area contributed by atoms with Crippen LogP contribution in [0.4, 0.5) is 5.82 Å². The molecule has 15 heavy (non-hydrogen) atoms. The van der Waals surface area contributed by atoms with Gasteiger partial charge in [-0.2, -0.15) is 0 Å². The normalized spacial score (nSPS) is 21.7. The number of aromatic nitrogens is 2. The van der Waals surface area contributed by atoms with Gasteiger partial charge in [0, 0.05) is 25.2 Å². The number of alkyl halides is 1. The van der Waals surface area contributed by atoms with E-state index in [-0.39, 0.29) is 0 Å². The van der Waals surface area contributed by atoms with Gasteiger partial charge >= 0.3 is 0 Å². The fourth-order valence-corrected chi connectivity index (χ4v) is 2.65. The third-order valence-electron chi connectivity index (χ3n) is 2.68. The number of piperidine rings is 1. The summed E-state index contributed by atoms with van der Waals surface area (Å²) >= 11 is 9.38. The number of hydrogen-bond acceptors (Lipinski definition) is 3. The van der Waals surface area contributed by atoms with Crippen molar-refractivity contribution in [2.45, 2.75) is 12.8 Å². The fraction of sp³-hybridized carbons (Fsp3) is 0.600. The highest BCUT2D eigenvalue weighted by atomic mass is 79.9. The molecule has 1 aliphatic rings. The van der Waals surface area contributed by atoms with Crippen LogP contribution in [-0.2, 0) is 0 Å². The lowest BCUT2D eigenvalue weighted by atomic mass is 10.0. The van der Waals surface area contributed by atoms with Crippen molar-refractivity contribution < 1.29 is 0 Å². The highest BCUT2D eigenvalue weighted by Gasteiger charge is 2.21. The number of anilines is 1. The minimum Gasteiger partial charge on any atom is -0.355 e. The first-order valence-corrected chi connectivity index (χ1v) is 6.40. The van der Waals surface area contributed by atoms with Crippen LogP contribution in [0.3, 0.4) is 0 Å². The molecule has 1 fully saturated rings. The first kappa shape index (κ1) is 11.1. The van der Waals surface area contributed by atoms with Crippen LogP contribution in [-0.4, -0.2) is 28.9 Å². The second-order valence-corrected chi connectivity index (χ2v) is 4.97. The van der Waals surface area contributed by atoms with Crippen LogP contribution in [0.2, 0.25) is 0 Å². The topological polar surface area (TPSA) is 29.0 Å². The van der Waals surface area contributed by atoms with E-state index in [4.69, 9.17) is 11.6 Å². The molecular formula is C10H13BrClN3. The maximum atomic E-state index is 5.90. The van der Waals surface area contributed by atoms with E-state index in [0.717, 1.165) is 29.3 Å². The zero-order valence-electron chi connectivity index (χ0n) is 8.37. The number of rotatable bonds is 2. The maximum absolute atomic E-state index is 5.90. The van der Waals surface area contributed by atoms with E-state index >= 15 is 0 Å². The largest absolute Gasteiger partial charge is 0.355 e. The minimum absolute atomic E-state index is 0.585. The van der Waals surface area contributed by atoms with E-state index in [0.29, 0.717) is 5.92 Å². The molecule has 3 nitrogen and oxygen atoms in total. The van der Waals surface area contributed by atoms with Crippen LogP contribution in [0.15, 0.2) is 17.0 Å². The van der Waals surface area contributed by atoms with Gasteiger partial charge in [0.2, 0.25) is 0 Å². The van der Waals surface area contributed by atoms with Crippen LogP contribution in [0.5, 0.6) is 0 Å². The molecule has 2 rings (SSSR count). The van der Waals surface area contributed by atoms with Gasteiger partial charge in [0.05, 0.1) is 4.47 Å². The molecule has 0 radical (unpaired) electrons. The van der Waals surface area contributed by atoms with E-state index in [1.165, 1.54) is 12.8 Å². The Kier molecular flexibility index (Phi) is 3.81. The molecule has 1 unspecified atom stereocenters. The summed E-state index contributed by atoms with van der Waals surface area (Å²) in [6, 6.07) is 0. The molecule has 82 valence electrons. The van der Waals surface area contributed by atoms with Crippen molar-refractivity contribution in [2.75, 3.05) is 23.9 Å². The molecule has 2 heterocycles. The van der Waals surface area contributed by atoms with Crippen molar-refractivity contribution in [3.8, 4) is 0 Å². The molecule has 0 spiro atoms. The van der Waals surface area contributed by atoms with Gasteiger partial charge in [0.1, 0.15) is 12.1 Å². The van der Waals surface area contributed by atoms with Crippen molar-refractivity contribution >= 4 is 33.3 Å². The Labute approximate surface area is 103 Å². The van der Waals surface area contributed by atoms with Gasteiger partial charge in [-0.05, 0) is 34.7 Å². The molecule has 0 bridgehead atoms. The van der Waals surface area contributed by atoms with Gasteiger partial charge < -0.3 is 4.90 Å². The average Bonchev–Trinajstić information content (AvgIpc) is 2.30. The molecule has 0 amide bonds. The second kappa shape index (κ2) is 5.12. The zero-order valence-corrected chi connectivity index (χ0v) is 10.7. The van der Waals surface area contributed by atoms with E-state index in [1.807, 2.05) is 0 Å². The van der Waals surface area contributed by atoms with Gasteiger partial charge in [0.25, 0.3) is 0 Å². The molecular weight excluding hydrogens is 277 g/mol. The number of nitrogens with zero attached hydrogens (tertiary/aromatic N) is 3. The predicted octanol–water partition coefficient (Wildman–Crippen LogP) is 2.69. The van der Waals surface area contributed by atoms with Gasteiger partial charge in [-0.25, -0.2) is 9.97 Å². The fourth-order valence-electron chi connectivity index (χ4n) is 1.92. The van der Waals surface area contributed by atoms with Gasteiger partial charge in [-0.1, -0.05) is 0 Å². The second-order valence-electron chi connectivity index (χ2n) is 3.80. The Bertz CT molecular complexity index is 334. The highest BCUT2D eigenvalue weighted by molar-refractivity contribution is 9.10. The van der Waals surface area contributed by atoms with Gasteiger partial charge in [-0.15, -0.1) is 11.6 Å². The van der Waals surface area contributed by atoms with Crippen LogP contribution >= 0.6 is 27.5 Å². The summed E-state index contributed by atoms with van der Waals surface area (Å²) in [5, 5.41) is 0. The number of hydrogen-bond donors (Lipinski definition) is 0. The average molecular weight is 291 g/mol. The number of halogens is 2. The van der Waals surface area contributed by atoms with Gasteiger partial charge in [0.15, 0.2) is 0 Å². The van der Waals surface area contributed by atoms with E-state index < -0.39 is 0 Å². The highest BCUT2D eigenvalue weighted by Crippen LogP contribution is 2.27. The summed E-state index contributed by atoms with van der Waals surface area (Å²) in [7, 11) is 0. The SMILES string of the molecule is ClCC1CCCN(c2ncncc2Br)C1. The monoisotopic (exact) mass is 289 g/mol. The molecule has 0 saturated carbocycles. The van der Waals surface area contributed by atoms with Crippen molar-refractivity contribution in [3.05, 3.63) is 17.0 Å². The third-order valence-corrected chi connectivity index (χ3v) is 3.68. The molecule has 0 N–H and O–H groups in total. The maximum Gasteiger partial charge on any atom is 0.146 e. The molecule has 1 aliphatic heterocycles. The lowest BCUT2D eigenvalue weighted by Gasteiger charge is -2.33. The third kappa shape index (κ3) is 2.61. The Morgan fingerprint density at radius 1 is 1.60 bits per heavy atom. The van der Waals surface area contributed by atoms with Crippen molar-refractivity contribution in [2.24, 2.45) is 5.92 Å². The smallest absolute Gasteiger partial charge is 0.146 e. The summed E-state index contributed by atoms with van der Waals surface area (Å²) in [5.41, 5.74) is 0. The van der Waals surface area contributed by atoms with E-state index in [9.17, 15) is 0 Å². The summed E-state index contributed by atoms with van der Waals surface area (Å²) < 4.78 is 0.959. The van der Waals surface area contributed by atoms with E-state index in [2.05, 4.69) is 30.8 Å². The summed E-state index contributed by atoms with van der Waals surface area (Å²) in [4.78, 5) is 10.5. The molecule has 0 aromatic carbocycles. The zero-order chi connectivity index (χ0) is 10.7. The summed E-state index contributed by atoms with van der Waals surface area (Å²) in [5.74, 6) is 2.31. The quantitative estimate of drug-likeness (QED) is 0.784. The Hall–Kier alpha value is -0.350. The van der Waals surface area contributed by atoms with Crippen molar-refractivity contribution in [1.29, 1.82) is 0 Å². The first-order valence-electron chi connectivity index (χ1n) is 5.07. The molecule has 1 aromatic heterocycles. The minimum atomic E-state index is 0.585. The molecule has 1 atom stereocenters. The van der Waals surface area contributed by atoms with Crippen molar-refractivity contribution in [3.63, 3.8) is 0 Å². The van der Waals surface area contributed by atoms with Crippen LogP contribution in [0.1, 0.15) is 12.8 Å². The summed E-state index contributed by atoms with van der Waals surface area (Å²) in [6.45, 7) is 2.06. The standard InChI is InChI=1S/C10H13BrClN3/c11-9-5-13-7-14-10(9)15-3-1-2-8(4-12)6-15/h5,7-8H,1-4,6H2.